The van der Waals surface area contributed by atoms with Crippen LogP contribution < -0.4 is 0 Å². The molecule has 0 unspecified atom stereocenters. The van der Waals surface area contributed by atoms with Gasteiger partial charge in [0.25, 0.3) is 0 Å². The summed E-state index contributed by atoms with van der Waals surface area (Å²) >= 11 is 0. The third-order valence-electron chi connectivity index (χ3n) is 16.3. The Morgan fingerprint density at radius 2 is 0.382 bits per heavy atom. The molecule has 0 radical (unpaired) electrons. The van der Waals surface area contributed by atoms with Gasteiger partial charge in [-0.15, -0.1) is 0 Å². The predicted molar refractivity (Wildman–Crippen MR) is 340 cm³/mol. The van der Waals surface area contributed by atoms with Gasteiger partial charge in [0.1, 0.15) is 0 Å². The van der Waals surface area contributed by atoms with Crippen LogP contribution in [0.1, 0.15) is 427 Å². The summed E-state index contributed by atoms with van der Waals surface area (Å²) in [5.74, 6) is 1.79. The normalized spacial score (nSPS) is 11.5. The monoisotopic (exact) mass is 1070 g/mol. The van der Waals surface area contributed by atoms with Crippen molar-refractivity contribution in [1.29, 1.82) is 0 Å². The maximum absolute atomic E-state index is 11.9. The Balaban J connectivity index is 0. The van der Waals surface area contributed by atoms with E-state index in [4.69, 9.17) is 9.47 Å². The van der Waals surface area contributed by atoms with Gasteiger partial charge in [0.15, 0.2) is 0 Å². The molecular weight excluding hydrogens is 929 g/mol. The Hall–Kier alpha value is -1.06. The molecule has 0 saturated carbocycles. The van der Waals surface area contributed by atoms with Crippen molar-refractivity contribution in [3.05, 3.63) is 0 Å². The van der Waals surface area contributed by atoms with Crippen molar-refractivity contribution in [3.63, 3.8) is 0 Å². The lowest BCUT2D eigenvalue weighted by atomic mass is 10.0. The lowest BCUT2D eigenvalue weighted by molar-refractivity contribution is -0.144. The average Bonchev–Trinajstić information content (AvgIpc) is 3.40. The standard InChI is InChI=1S/2C36H72O2/c2*1-4-5-6-7-8-9-10-11-12-13-16-19-22-25-28-31-34-38-36(37)33-30-27-24-21-18-15-14-17-20-23-26-29-32-35(2)3/h2*35H,4-34H2,1-3H3. The molecule has 0 aliphatic carbocycles. The average molecular weight is 1070 g/mol. The Morgan fingerprint density at radius 3 is 0.566 bits per heavy atom. The Kier molecular flexibility index (Phi) is 71.0. The molecule has 4 nitrogen and oxygen atoms in total. The zero-order valence-corrected chi connectivity index (χ0v) is 53.6. The number of esters is 2. The third-order valence-corrected chi connectivity index (χ3v) is 16.3. The van der Waals surface area contributed by atoms with Crippen molar-refractivity contribution in [3.8, 4) is 0 Å². The first-order valence-electron chi connectivity index (χ1n) is 35.6. The van der Waals surface area contributed by atoms with E-state index in [-0.39, 0.29) is 11.9 Å². The number of carbonyl (C=O) groups excluding carboxylic acids is 2. The van der Waals surface area contributed by atoms with Crippen LogP contribution in [-0.4, -0.2) is 25.2 Å². The molecule has 0 N–H and O–H groups in total. The van der Waals surface area contributed by atoms with Crippen LogP contribution in [0.15, 0.2) is 0 Å². The highest BCUT2D eigenvalue weighted by atomic mass is 16.5. The Bertz CT molecular complexity index is 971. The number of unbranched alkanes of at least 4 members (excludes halogenated alkanes) is 52. The lowest BCUT2D eigenvalue weighted by Gasteiger charge is -2.06. The minimum Gasteiger partial charge on any atom is -0.466 e. The molecule has 0 aromatic heterocycles. The highest BCUT2D eigenvalue weighted by Gasteiger charge is 2.05. The second kappa shape index (κ2) is 70.0. The topological polar surface area (TPSA) is 52.6 Å². The van der Waals surface area contributed by atoms with Crippen LogP contribution in [0.5, 0.6) is 0 Å². The van der Waals surface area contributed by atoms with Crippen molar-refractivity contribution in [2.24, 2.45) is 11.8 Å². The van der Waals surface area contributed by atoms with Gasteiger partial charge in [0, 0.05) is 12.8 Å². The minimum absolute atomic E-state index is 0.0272. The largest absolute Gasteiger partial charge is 0.466 e. The summed E-state index contributed by atoms with van der Waals surface area (Å²) in [6, 6.07) is 0. The molecule has 456 valence electrons. The van der Waals surface area contributed by atoms with E-state index in [1.165, 1.54) is 347 Å². The zero-order chi connectivity index (χ0) is 55.6. The lowest BCUT2D eigenvalue weighted by Crippen LogP contribution is -2.05. The van der Waals surface area contributed by atoms with Gasteiger partial charge in [-0.3, -0.25) is 9.59 Å². The maximum Gasteiger partial charge on any atom is 0.305 e. The summed E-state index contributed by atoms with van der Waals surface area (Å²) in [6.07, 6.45) is 80.3. The summed E-state index contributed by atoms with van der Waals surface area (Å²) in [7, 11) is 0. The van der Waals surface area contributed by atoms with E-state index < -0.39 is 0 Å². The Morgan fingerprint density at radius 1 is 0.224 bits per heavy atom. The van der Waals surface area contributed by atoms with E-state index in [0.717, 1.165) is 37.5 Å². The molecule has 0 aromatic rings. The summed E-state index contributed by atoms with van der Waals surface area (Å²) in [5.41, 5.74) is 0. The summed E-state index contributed by atoms with van der Waals surface area (Å²) in [5, 5.41) is 0. The number of ether oxygens (including phenoxy) is 2. The molecule has 0 spiro atoms. The molecule has 4 heteroatoms. The summed E-state index contributed by atoms with van der Waals surface area (Å²) in [6.45, 7) is 15.2. The quantitative estimate of drug-likeness (QED) is 0.0450. The minimum atomic E-state index is 0.0272. The first kappa shape index (κ1) is 77.0. The molecule has 0 aromatic carbocycles. The highest BCUT2D eigenvalue weighted by molar-refractivity contribution is 5.69. The second-order valence-corrected chi connectivity index (χ2v) is 25.4. The van der Waals surface area contributed by atoms with Crippen LogP contribution in [0, 0.1) is 11.8 Å². The molecule has 0 aliphatic rings. The number of rotatable bonds is 64. The smallest absolute Gasteiger partial charge is 0.305 e. The predicted octanol–water partition coefficient (Wildman–Crippen LogP) is 25.8. The first-order chi connectivity index (χ1) is 37.3. The summed E-state index contributed by atoms with van der Waals surface area (Å²) in [4.78, 5) is 23.8. The van der Waals surface area contributed by atoms with Crippen molar-refractivity contribution in [2.45, 2.75) is 427 Å². The second-order valence-electron chi connectivity index (χ2n) is 25.4. The maximum atomic E-state index is 11.9. The van der Waals surface area contributed by atoms with Crippen LogP contribution in [0.4, 0.5) is 0 Å². The number of carbonyl (C=O) groups is 2. The Labute approximate surface area is 480 Å². The van der Waals surface area contributed by atoms with E-state index in [9.17, 15) is 9.59 Å². The van der Waals surface area contributed by atoms with E-state index in [0.29, 0.717) is 26.1 Å². The van der Waals surface area contributed by atoms with Crippen molar-refractivity contribution < 1.29 is 19.1 Å². The molecule has 0 rings (SSSR count). The van der Waals surface area contributed by atoms with E-state index in [1.54, 1.807) is 0 Å². The van der Waals surface area contributed by atoms with E-state index >= 15 is 0 Å². The molecule has 0 bridgehead atoms. The van der Waals surface area contributed by atoms with Crippen molar-refractivity contribution in [1.82, 2.24) is 0 Å². The van der Waals surface area contributed by atoms with Gasteiger partial charge in [-0.25, -0.2) is 0 Å². The van der Waals surface area contributed by atoms with E-state index in [2.05, 4.69) is 41.5 Å². The van der Waals surface area contributed by atoms with E-state index in [1.807, 2.05) is 0 Å². The van der Waals surface area contributed by atoms with Crippen molar-refractivity contribution >= 4 is 11.9 Å². The molecule has 0 atom stereocenters. The van der Waals surface area contributed by atoms with Crippen LogP contribution in [0.3, 0.4) is 0 Å². The van der Waals surface area contributed by atoms with Gasteiger partial charge in [-0.05, 0) is 37.5 Å². The summed E-state index contributed by atoms with van der Waals surface area (Å²) < 4.78 is 10.9. The zero-order valence-electron chi connectivity index (χ0n) is 53.6. The molecular formula is C72H144O4. The number of hydrogen-bond donors (Lipinski definition) is 0. The molecule has 0 fully saturated rings. The molecule has 0 aliphatic heterocycles. The SMILES string of the molecule is CCCCCCCCCCCCCCCCCCOC(=O)CCCCCCCCCCCCCCC(C)C.CCCCCCCCCCCCCCCCCCOC(=O)CCCCCCCCCCCCCCC(C)C. The van der Waals surface area contributed by atoms with Crippen molar-refractivity contribution in [2.75, 3.05) is 13.2 Å². The van der Waals surface area contributed by atoms with Gasteiger partial charge in [-0.1, -0.05) is 388 Å². The van der Waals surface area contributed by atoms with Crippen LogP contribution >= 0.6 is 0 Å². The fourth-order valence-corrected chi connectivity index (χ4v) is 11.0. The number of hydrogen-bond acceptors (Lipinski definition) is 4. The first-order valence-corrected chi connectivity index (χ1v) is 35.6. The van der Waals surface area contributed by atoms with Crippen LogP contribution in [-0.2, 0) is 19.1 Å². The molecule has 0 amide bonds. The fourth-order valence-electron chi connectivity index (χ4n) is 11.0. The van der Waals surface area contributed by atoms with Gasteiger partial charge < -0.3 is 9.47 Å². The van der Waals surface area contributed by atoms with Crippen LogP contribution in [0.2, 0.25) is 0 Å². The van der Waals surface area contributed by atoms with Gasteiger partial charge in [-0.2, -0.15) is 0 Å². The fraction of sp³-hybridized carbons (Fsp3) is 0.972. The third kappa shape index (κ3) is 75.0. The highest BCUT2D eigenvalue weighted by Crippen LogP contribution is 2.19. The molecule has 0 heterocycles. The van der Waals surface area contributed by atoms with Crippen LogP contribution in [0.25, 0.3) is 0 Å². The molecule has 76 heavy (non-hydrogen) atoms. The van der Waals surface area contributed by atoms with Gasteiger partial charge >= 0.3 is 11.9 Å². The van der Waals surface area contributed by atoms with Gasteiger partial charge in [0.2, 0.25) is 0 Å². The molecule has 0 saturated heterocycles. The van der Waals surface area contributed by atoms with Gasteiger partial charge in [0.05, 0.1) is 13.2 Å².